The van der Waals surface area contributed by atoms with Crippen molar-refractivity contribution in [2.75, 3.05) is 0 Å². The van der Waals surface area contributed by atoms with Crippen molar-refractivity contribution in [1.29, 1.82) is 0 Å². The van der Waals surface area contributed by atoms with Gasteiger partial charge in [-0.15, -0.1) is 69.1 Å². The molecule has 0 aliphatic heterocycles. The molecule has 0 aliphatic carbocycles. The predicted molar refractivity (Wildman–Crippen MR) is 188 cm³/mol. The molecule has 2 radical (unpaired) electrons. The molecule has 0 bridgehead atoms. The van der Waals surface area contributed by atoms with Gasteiger partial charge in [-0.05, 0) is 11.1 Å². The summed E-state index contributed by atoms with van der Waals surface area (Å²) in [4.78, 5) is 0. The molecule has 0 unspecified atom stereocenters. The normalized spacial score (nSPS) is 10.4. The number of hydrogen-bond acceptors (Lipinski definition) is 0. The van der Waals surface area contributed by atoms with E-state index in [0.29, 0.717) is 0 Å². The van der Waals surface area contributed by atoms with E-state index in [-0.39, 0.29) is 0 Å². The van der Waals surface area contributed by atoms with Gasteiger partial charge in [-0.2, -0.15) is 12.1 Å². The van der Waals surface area contributed by atoms with Crippen molar-refractivity contribution in [3.8, 4) is 0 Å². The third-order valence-corrected chi connectivity index (χ3v) is 6.37. The molecule has 0 aromatic heterocycles. The minimum atomic E-state index is -0.826. The van der Waals surface area contributed by atoms with E-state index in [1.165, 1.54) is 54.9 Å². The van der Waals surface area contributed by atoms with Gasteiger partial charge in [0, 0.05) is 9.52 Å². The fourth-order valence-corrected chi connectivity index (χ4v) is 4.61. The van der Waals surface area contributed by atoms with Crippen LogP contribution in [0.25, 0.3) is 45.8 Å². The summed E-state index contributed by atoms with van der Waals surface area (Å²) in [6.45, 7) is 8.59. The van der Waals surface area contributed by atoms with Crippen LogP contribution in [0, 0.1) is 13.8 Å². The van der Waals surface area contributed by atoms with E-state index in [1.54, 1.807) is 0 Å². The molecule has 210 valence electrons. The van der Waals surface area contributed by atoms with Crippen LogP contribution in [0.15, 0.2) is 121 Å². The van der Waals surface area contributed by atoms with E-state index in [0.717, 1.165) is 9.52 Å². The second-order valence-corrected chi connectivity index (χ2v) is 14.6. The number of aryl methyl sites for hydroxylation is 2. The Morgan fingerprint density at radius 1 is 0.548 bits per heavy atom. The van der Waals surface area contributed by atoms with Crippen molar-refractivity contribution in [1.82, 2.24) is 0 Å². The van der Waals surface area contributed by atoms with Crippen LogP contribution in [0.2, 0.25) is 13.1 Å². The van der Waals surface area contributed by atoms with Gasteiger partial charge in [0.2, 0.25) is 0 Å². The molecule has 0 nitrogen and oxygen atoms in total. The van der Waals surface area contributed by atoms with E-state index in [1.807, 2.05) is 12.1 Å². The van der Waals surface area contributed by atoms with Gasteiger partial charge in [0.05, 0.1) is 0 Å². The summed E-state index contributed by atoms with van der Waals surface area (Å²) >= 11 is -0.826. The maximum absolute atomic E-state index is 4.93. The second-order valence-electron chi connectivity index (χ2n) is 9.83. The average Bonchev–Trinajstić information content (AvgIpc) is 3.58. The molecule has 0 heterocycles. The predicted octanol–water partition coefficient (Wildman–Crippen LogP) is 12.2. The van der Waals surface area contributed by atoms with Crippen LogP contribution in [0.3, 0.4) is 0 Å². The average molecular weight is 683 g/mol. The first-order valence-corrected chi connectivity index (χ1v) is 22.1. The number of fused-ring (bicyclic) bond motifs is 2. The van der Waals surface area contributed by atoms with E-state index in [4.69, 9.17) is 17.0 Å². The Bertz CT molecular complexity index is 1550. The number of rotatable bonds is 4. The minimum absolute atomic E-state index is 0.826. The van der Waals surface area contributed by atoms with Gasteiger partial charge >= 0.3 is 37.9 Å². The molecule has 4 heteroatoms. The molecule has 0 atom stereocenters. The SMILES string of the molecule is C[Si]C.Cc1cc2c(C=Cc3ccccc3)cccc2[cH-]1.Cc1cc2c(C=Cc3ccccc3)cccc2[cH-]1.[Cl][Zr+2][Cl]. The molecule has 0 saturated carbocycles. The third-order valence-electron chi connectivity index (χ3n) is 6.37. The Morgan fingerprint density at radius 3 is 1.26 bits per heavy atom. The van der Waals surface area contributed by atoms with E-state index in [9.17, 15) is 0 Å². The van der Waals surface area contributed by atoms with Crippen LogP contribution in [0.4, 0.5) is 0 Å². The van der Waals surface area contributed by atoms with Crippen molar-refractivity contribution in [3.05, 3.63) is 155 Å². The van der Waals surface area contributed by atoms with Crippen molar-refractivity contribution in [2.24, 2.45) is 0 Å². The molecule has 0 saturated heterocycles. The molecule has 6 aromatic rings. The van der Waals surface area contributed by atoms with Gasteiger partial charge in [-0.1, -0.05) is 135 Å². The number of benzene rings is 4. The van der Waals surface area contributed by atoms with E-state index >= 15 is 0 Å². The summed E-state index contributed by atoms with van der Waals surface area (Å²) in [6.07, 6.45) is 8.71. The molecule has 0 spiro atoms. The molecular formula is C38H36Cl2SiZr. The molecular weight excluding hydrogens is 647 g/mol. The van der Waals surface area contributed by atoms with Gasteiger partial charge in [-0.25, -0.2) is 0 Å². The Labute approximate surface area is 272 Å². The first-order valence-electron chi connectivity index (χ1n) is 13.8. The summed E-state index contributed by atoms with van der Waals surface area (Å²) in [6, 6.07) is 42.7. The van der Waals surface area contributed by atoms with E-state index in [2.05, 4.69) is 160 Å². The van der Waals surface area contributed by atoms with Gasteiger partial charge in [0.15, 0.2) is 0 Å². The van der Waals surface area contributed by atoms with Crippen molar-refractivity contribution >= 4 is 72.4 Å². The summed E-state index contributed by atoms with van der Waals surface area (Å²) in [5.74, 6) is 0. The van der Waals surface area contributed by atoms with Crippen LogP contribution in [-0.4, -0.2) is 9.52 Å². The second kappa shape index (κ2) is 18.7. The third kappa shape index (κ3) is 10.8. The summed E-state index contributed by atoms with van der Waals surface area (Å²) in [7, 11) is 11.0. The van der Waals surface area contributed by atoms with Crippen LogP contribution in [0.1, 0.15) is 33.4 Å². The van der Waals surface area contributed by atoms with Gasteiger partial charge < -0.3 is 0 Å². The molecule has 42 heavy (non-hydrogen) atoms. The maximum atomic E-state index is 4.93. The molecule has 6 aromatic carbocycles. The zero-order valence-electron chi connectivity index (χ0n) is 24.6. The summed E-state index contributed by atoms with van der Waals surface area (Å²) in [5.41, 5.74) is 7.68. The van der Waals surface area contributed by atoms with E-state index < -0.39 is 20.8 Å². The quantitative estimate of drug-likeness (QED) is 0.0986. The Hall–Kier alpha value is -2.74. The zero-order chi connectivity index (χ0) is 30.2. The van der Waals surface area contributed by atoms with Gasteiger partial charge in [-0.3, -0.25) is 0 Å². The van der Waals surface area contributed by atoms with Crippen molar-refractivity contribution < 1.29 is 20.8 Å². The fraction of sp³-hybridized carbons (Fsp3) is 0.105. The summed E-state index contributed by atoms with van der Waals surface area (Å²) < 4.78 is 0. The Kier molecular flexibility index (Phi) is 15.1. The van der Waals surface area contributed by atoms with Crippen LogP contribution in [-0.2, 0) is 20.8 Å². The van der Waals surface area contributed by atoms with Crippen molar-refractivity contribution in [3.63, 3.8) is 0 Å². The number of halogens is 2. The van der Waals surface area contributed by atoms with Crippen LogP contribution >= 0.6 is 17.0 Å². The van der Waals surface area contributed by atoms with Crippen LogP contribution in [0.5, 0.6) is 0 Å². The Morgan fingerprint density at radius 2 is 0.905 bits per heavy atom. The summed E-state index contributed by atoms with van der Waals surface area (Å²) in [5, 5.41) is 5.31. The molecule has 0 amide bonds. The Balaban J connectivity index is 0.000000195. The first kappa shape index (κ1) is 33.8. The number of hydrogen-bond donors (Lipinski definition) is 0. The monoisotopic (exact) mass is 680 g/mol. The fourth-order valence-electron chi connectivity index (χ4n) is 4.61. The van der Waals surface area contributed by atoms with Crippen LogP contribution < -0.4 is 0 Å². The standard InChI is InChI=1S/2C18H15.C2H6Si.2ClH.Zr/c2*1-14-12-17-9-5-8-16(18(17)13-14)11-10-15-6-3-2-4-7-15;1-3-2;;;/h2*2-13H,1H3;1-2H3;2*1H;/q2*-1;;;;+4/p-2. The molecule has 0 aliphatic rings. The zero-order valence-corrected chi connectivity index (χ0v) is 29.6. The van der Waals surface area contributed by atoms with Crippen molar-refractivity contribution in [2.45, 2.75) is 26.9 Å². The molecule has 0 N–H and O–H groups in total. The molecule has 6 rings (SSSR count). The molecule has 0 fully saturated rings. The van der Waals surface area contributed by atoms with Gasteiger partial charge in [0.25, 0.3) is 0 Å². The van der Waals surface area contributed by atoms with Gasteiger partial charge in [0.1, 0.15) is 0 Å². The topological polar surface area (TPSA) is 0 Å². The first-order chi connectivity index (χ1) is 20.5.